The number of hydrogen-bond donors (Lipinski definition) is 3. The molecule has 0 spiro atoms. The normalized spacial score (nSPS) is 12.4. The van der Waals surface area contributed by atoms with Gasteiger partial charge in [-0.3, -0.25) is 0 Å². The molecule has 0 aliphatic heterocycles. The van der Waals surface area contributed by atoms with Crippen LogP contribution in [0.4, 0.5) is 11.5 Å². The first-order valence-electron chi connectivity index (χ1n) is 6.71. The maximum Gasteiger partial charge on any atom is 0.239 e. The molecule has 20 heavy (non-hydrogen) atoms. The van der Waals surface area contributed by atoms with Gasteiger partial charge in [0.05, 0.1) is 18.3 Å². The Morgan fingerprint density at radius 1 is 1.35 bits per heavy atom. The van der Waals surface area contributed by atoms with E-state index in [0.717, 1.165) is 5.82 Å². The first-order valence-corrected chi connectivity index (χ1v) is 6.71. The van der Waals surface area contributed by atoms with E-state index >= 15 is 0 Å². The smallest absolute Gasteiger partial charge is 0.239 e. The molecule has 4 N–H and O–H groups in total. The molecule has 2 heterocycles. The maximum absolute atomic E-state index is 5.87. The molecule has 6 heteroatoms. The Balaban J connectivity index is 2.06. The molecule has 0 bridgehead atoms. The van der Waals surface area contributed by atoms with Gasteiger partial charge in [0.25, 0.3) is 0 Å². The SMILES string of the molecule is CC(C)COc1nc(NC(C)c2ncc[nH]2)ccc1N. The largest absolute Gasteiger partial charge is 0.476 e. The molecule has 0 aliphatic carbocycles. The van der Waals surface area contributed by atoms with Gasteiger partial charge in [-0.25, -0.2) is 4.98 Å². The summed E-state index contributed by atoms with van der Waals surface area (Å²) < 4.78 is 5.61. The van der Waals surface area contributed by atoms with Crippen LogP contribution >= 0.6 is 0 Å². The summed E-state index contributed by atoms with van der Waals surface area (Å²) in [5, 5.41) is 3.26. The van der Waals surface area contributed by atoms with E-state index in [1.54, 1.807) is 18.5 Å². The molecule has 0 aromatic carbocycles. The number of nitrogens with zero attached hydrogens (tertiary/aromatic N) is 2. The number of rotatable bonds is 6. The van der Waals surface area contributed by atoms with Crippen molar-refractivity contribution in [3.8, 4) is 5.88 Å². The third-order valence-corrected chi connectivity index (χ3v) is 2.74. The quantitative estimate of drug-likeness (QED) is 0.754. The number of ether oxygens (including phenoxy) is 1. The van der Waals surface area contributed by atoms with Gasteiger partial charge in [-0.05, 0) is 25.0 Å². The highest BCUT2D eigenvalue weighted by molar-refractivity contribution is 5.53. The Morgan fingerprint density at radius 2 is 2.15 bits per heavy atom. The highest BCUT2D eigenvalue weighted by Crippen LogP contribution is 2.23. The second-order valence-electron chi connectivity index (χ2n) is 5.14. The summed E-state index contributed by atoms with van der Waals surface area (Å²) in [5.41, 5.74) is 6.41. The van der Waals surface area contributed by atoms with Crippen molar-refractivity contribution in [2.75, 3.05) is 17.7 Å². The first-order chi connectivity index (χ1) is 9.56. The van der Waals surface area contributed by atoms with E-state index in [2.05, 4.69) is 34.1 Å². The minimum Gasteiger partial charge on any atom is -0.476 e. The minimum absolute atomic E-state index is 0.0269. The number of anilines is 2. The predicted octanol–water partition coefficient (Wildman–Crippen LogP) is 2.59. The van der Waals surface area contributed by atoms with Crippen molar-refractivity contribution in [1.82, 2.24) is 15.0 Å². The molecule has 6 nitrogen and oxygen atoms in total. The highest BCUT2D eigenvalue weighted by Gasteiger charge is 2.10. The summed E-state index contributed by atoms with van der Waals surface area (Å²) in [6, 6.07) is 3.65. The number of pyridine rings is 1. The van der Waals surface area contributed by atoms with Crippen molar-refractivity contribution in [2.24, 2.45) is 5.92 Å². The van der Waals surface area contributed by atoms with E-state index in [4.69, 9.17) is 10.5 Å². The van der Waals surface area contributed by atoms with Crippen LogP contribution in [0.1, 0.15) is 32.6 Å². The van der Waals surface area contributed by atoms with Crippen LogP contribution in [0.2, 0.25) is 0 Å². The standard InChI is InChI=1S/C14H21N5O/c1-9(2)8-20-14-11(15)4-5-12(19-14)18-10(3)13-16-6-7-17-13/h4-7,9-10H,8,15H2,1-3H3,(H,16,17)(H,18,19). The number of hydrogen-bond acceptors (Lipinski definition) is 5. The van der Waals surface area contributed by atoms with Crippen LogP contribution in [0.25, 0.3) is 0 Å². The van der Waals surface area contributed by atoms with Gasteiger partial charge in [0.1, 0.15) is 11.6 Å². The van der Waals surface area contributed by atoms with Gasteiger partial charge in [-0.15, -0.1) is 0 Å². The average Bonchev–Trinajstić information content (AvgIpc) is 2.93. The minimum atomic E-state index is 0.0269. The van der Waals surface area contributed by atoms with E-state index < -0.39 is 0 Å². The number of aromatic nitrogens is 3. The Kier molecular flexibility index (Phi) is 4.45. The molecular weight excluding hydrogens is 254 g/mol. The van der Waals surface area contributed by atoms with Crippen molar-refractivity contribution in [1.29, 1.82) is 0 Å². The van der Waals surface area contributed by atoms with Gasteiger partial charge in [-0.2, -0.15) is 4.98 Å². The van der Waals surface area contributed by atoms with E-state index in [-0.39, 0.29) is 6.04 Å². The zero-order valence-electron chi connectivity index (χ0n) is 12.1. The molecule has 0 aliphatic rings. The van der Waals surface area contributed by atoms with E-state index in [0.29, 0.717) is 29.9 Å². The fraction of sp³-hybridized carbons (Fsp3) is 0.429. The van der Waals surface area contributed by atoms with Gasteiger partial charge >= 0.3 is 0 Å². The van der Waals surface area contributed by atoms with Crippen LogP contribution in [-0.4, -0.2) is 21.6 Å². The predicted molar refractivity (Wildman–Crippen MR) is 79.6 cm³/mol. The van der Waals surface area contributed by atoms with Crippen molar-refractivity contribution in [2.45, 2.75) is 26.8 Å². The molecule has 2 aromatic heterocycles. The third-order valence-electron chi connectivity index (χ3n) is 2.74. The summed E-state index contributed by atoms with van der Waals surface area (Å²) in [4.78, 5) is 11.7. The van der Waals surface area contributed by atoms with Gasteiger partial charge in [0.2, 0.25) is 5.88 Å². The number of nitrogen functional groups attached to an aromatic ring is 1. The lowest BCUT2D eigenvalue weighted by molar-refractivity contribution is 0.263. The molecule has 0 amide bonds. The van der Waals surface area contributed by atoms with Gasteiger partial charge in [0, 0.05) is 12.4 Å². The number of aromatic amines is 1. The monoisotopic (exact) mass is 275 g/mol. The van der Waals surface area contributed by atoms with Crippen molar-refractivity contribution in [3.05, 3.63) is 30.4 Å². The van der Waals surface area contributed by atoms with Gasteiger partial charge < -0.3 is 20.8 Å². The lowest BCUT2D eigenvalue weighted by Gasteiger charge is -2.15. The van der Waals surface area contributed by atoms with Crippen LogP contribution in [0.3, 0.4) is 0 Å². The summed E-state index contributed by atoms with van der Waals surface area (Å²) in [6.07, 6.45) is 3.52. The van der Waals surface area contributed by atoms with Crippen LogP contribution in [0.5, 0.6) is 5.88 Å². The third kappa shape index (κ3) is 3.63. The van der Waals surface area contributed by atoms with Crippen molar-refractivity contribution in [3.63, 3.8) is 0 Å². The molecule has 0 radical (unpaired) electrons. The summed E-state index contributed by atoms with van der Waals surface area (Å²) >= 11 is 0. The summed E-state index contributed by atoms with van der Waals surface area (Å²) in [5.74, 6) is 2.46. The zero-order chi connectivity index (χ0) is 14.5. The molecule has 2 aromatic rings. The first kappa shape index (κ1) is 14.2. The number of nitrogens with two attached hydrogens (primary N) is 1. The highest BCUT2D eigenvalue weighted by atomic mass is 16.5. The van der Waals surface area contributed by atoms with Crippen LogP contribution in [0, 0.1) is 5.92 Å². The van der Waals surface area contributed by atoms with Crippen LogP contribution in [-0.2, 0) is 0 Å². The zero-order valence-corrected chi connectivity index (χ0v) is 12.1. The Morgan fingerprint density at radius 3 is 2.80 bits per heavy atom. The number of imidazole rings is 1. The van der Waals surface area contributed by atoms with Crippen molar-refractivity contribution < 1.29 is 4.74 Å². The number of H-pyrrole nitrogens is 1. The Bertz CT molecular complexity index is 539. The molecule has 0 saturated carbocycles. The number of nitrogens with one attached hydrogen (secondary N) is 2. The van der Waals surface area contributed by atoms with E-state index in [1.165, 1.54) is 0 Å². The average molecular weight is 275 g/mol. The maximum atomic E-state index is 5.87. The second-order valence-corrected chi connectivity index (χ2v) is 5.14. The lowest BCUT2D eigenvalue weighted by atomic mass is 10.2. The van der Waals surface area contributed by atoms with Crippen molar-refractivity contribution >= 4 is 11.5 Å². The molecule has 1 atom stereocenters. The van der Waals surface area contributed by atoms with E-state index in [9.17, 15) is 0 Å². The topological polar surface area (TPSA) is 88.8 Å². The summed E-state index contributed by atoms with van der Waals surface area (Å²) in [6.45, 7) is 6.76. The lowest BCUT2D eigenvalue weighted by Crippen LogP contribution is -2.12. The molecule has 2 rings (SSSR count). The summed E-state index contributed by atoms with van der Waals surface area (Å²) in [7, 11) is 0. The Labute approximate surface area is 118 Å². The van der Waals surface area contributed by atoms with Crippen LogP contribution < -0.4 is 15.8 Å². The fourth-order valence-electron chi connectivity index (χ4n) is 1.70. The second kappa shape index (κ2) is 6.27. The molecule has 1 unspecified atom stereocenters. The van der Waals surface area contributed by atoms with Gasteiger partial charge in [0.15, 0.2) is 0 Å². The fourth-order valence-corrected chi connectivity index (χ4v) is 1.70. The molecule has 0 fully saturated rings. The molecule has 108 valence electrons. The van der Waals surface area contributed by atoms with Crippen LogP contribution in [0.15, 0.2) is 24.5 Å². The Hall–Kier alpha value is -2.24. The van der Waals surface area contributed by atoms with Gasteiger partial charge in [-0.1, -0.05) is 13.8 Å². The molecular formula is C14H21N5O. The molecule has 0 saturated heterocycles. The van der Waals surface area contributed by atoms with E-state index in [1.807, 2.05) is 13.0 Å².